The quantitative estimate of drug-likeness (QED) is 0.805. The summed E-state index contributed by atoms with van der Waals surface area (Å²) in [5, 5.41) is 0.101. The fourth-order valence-corrected chi connectivity index (χ4v) is 1.43. The number of halogens is 2. The molecule has 0 radical (unpaired) electrons. The van der Waals surface area contributed by atoms with E-state index in [2.05, 4.69) is 4.98 Å². The highest BCUT2D eigenvalue weighted by atomic mass is 35.5. The molecular formula is C11H8ClFN2. The molecule has 1 heterocycles. The highest BCUT2D eigenvalue weighted by Crippen LogP contribution is 2.24. The third kappa shape index (κ3) is 2.07. The lowest BCUT2D eigenvalue weighted by Gasteiger charge is -2.02. The second-order valence-corrected chi connectivity index (χ2v) is 3.51. The first-order valence-electron chi connectivity index (χ1n) is 4.34. The normalized spacial score (nSPS) is 10.3. The fourth-order valence-electron chi connectivity index (χ4n) is 1.25. The van der Waals surface area contributed by atoms with E-state index in [-0.39, 0.29) is 5.02 Å². The smallest absolute Gasteiger partial charge is 0.141 e. The maximum Gasteiger partial charge on any atom is 0.141 e. The van der Waals surface area contributed by atoms with Gasteiger partial charge in [-0.3, -0.25) is 0 Å². The molecule has 0 saturated carbocycles. The van der Waals surface area contributed by atoms with Gasteiger partial charge in [-0.1, -0.05) is 17.7 Å². The average molecular weight is 223 g/mol. The van der Waals surface area contributed by atoms with Crippen molar-refractivity contribution in [3.8, 4) is 11.1 Å². The standard InChI is InChI=1S/C11H8ClFN2/c12-9-5-7(1-3-10(9)13)8-2-4-11(14)15-6-8/h1-6H,(H2,14,15). The predicted octanol–water partition coefficient (Wildman–Crippen LogP) is 3.12. The number of rotatable bonds is 1. The Labute approximate surface area is 91.5 Å². The van der Waals surface area contributed by atoms with Crippen LogP contribution in [0.15, 0.2) is 36.5 Å². The number of pyridine rings is 1. The lowest BCUT2D eigenvalue weighted by molar-refractivity contribution is 0.628. The predicted molar refractivity (Wildman–Crippen MR) is 59.1 cm³/mol. The summed E-state index contributed by atoms with van der Waals surface area (Å²) in [5.74, 6) is 0.0239. The third-order valence-electron chi connectivity index (χ3n) is 2.04. The summed E-state index contributed by atoms with van der Waals surface area (Å²) in [4.78, 5) is 3.95. The van der Waals surface area contributed by atoms with Gasteiger partial charge < -0.3 is 5.73 Å². The monoisotopic (exact) mass is 222 g/mol. The van der Waals surface area contributed by atoms with Crippen molar-refractivity contribution >= 4 is 17.4 Å². The van der Waals surface area contributed by atoms with Gasteiger partial charge in [0, 0.05) is 11.8 Å². The molecule has 15 heavy (non-hydrogen) atoms. The van der Waals surface area contributed by atoms with Crippen LogP contribution in [-0.4, -0.2) is 4.98 Å². The zero-order chi connectivity index (χ0) is 10.8. The van der Waals surface area contributed by atoms with Gasteiger partial charge in [0.2, 0.25) is 0 Å². The van der Waals surface area contributed by atoms with E-state index in [1.807, 2.05) is 6.07 Å². The third-order valence-corrected chi connectivity index (χ3v) is 2.33. The summed E-state index contributed by atoms with van der Waals surface area (Å²) in [6, 6.07) is 8.03. The van der Waals surface area contributed by atoms with Crippen molar-refractivity contribution in [3.63, 3.8) is 0 Å². The molecule has 0 atom stereocenters. The van der Waals surface area contributed by atoms with Crippen LogP contribution in [0.5, 0.6) is 0 Å². The van der Waals surface area contributed by atoms with Gasteiger partial charge >= 0.3 is 0 Å². The van der Waals surface area contributed by atoms with Crippen LogP contribution in [0.25, 0.3) is 11.1 Å². The second kappa shape index (κ2) is 3.87. The van der Waals surface area contributed by atoms with Gasteiger partial charge in [0.05, 0.1) is 5.02 Å². The van der Waals surface area contributed by atoms with E-state index >= 15 is 0 Å². The van der Waals surface area contributed by atoms with Gasteiger partial charge in [0.15, 0.2) is 0 Å². The van der Waals surface area contributed by atoms with Crippen LogP contribution >= 0.6 is 11.6 Å². The van der Waals surface area contributed by atoms with E-state index in [9.17, 15) is 4.39 Å². The molecule has 0 aliphatic carbocycles. The minimum absolute atomic E-state index is 0.101. The van der Waals surface area contributed by atoms with Crippen molar-refractivity contribution in [3.05, 3.63) is 47.4 Å². The zero-order valence-electron chi connectivity index (χ0n) is 7.74. The van der Waals surface area contributed by atoms with Crippen molar-refractivity contribution in [2.75, 3.05) is 5.73 Å². The van der Waals surface area contributed by atoms with Crippen molar-refractivity contribution in [1.29, 1.82) is 0 Å². The first-order valence-corrected chi connectivity index (χ1v) is 4.71. The summed E-state index contributed by atoms with van der Waals surface area (Å²) in [6.45, 7) is 0. The number of hydrogen-bond donors (Lipinski definition) is 1. The SMILES string of the molecule is Nc1ccc(-c2ccc(F)c(Cl)c2)cn1. The molecule has 0 saturated heterocycles. The van der Waals surface area contributed by atoms with Gasteiger partial charge in [-0.25, -0.2) is 9.37 Å². The lowest BCUT2D eigenvalue weighted by atomic mass is 10.1. The average Bonchev–Trinajstić information content (AvgIpc) is 2.23. The lowest BCUT2D eigenvalue weighted by Crippen LogP contribution is -1.89. The molecule has 0 aliphatic heterocycles. The number of nitrogens with two attached hydrogens (primary N) is 1. The number of anilines is 1. The Kier molecular flexibility index (Phi) is 2.56. The maximum atomic E-state index is 12.9. The van der Waals surface area contributed by atoms with Crippen molar-refractivity contribution in [2.24, 2.45) is 0 Å². The second-order valence-electron chi connectivity index (χ2n) is 3.10. The fraction of sp³-hybridized carbons (Fsp3) is 0. The summed E-state index contributed by atoms with van der Waals surface area (Å²) < 4.78 is 12.9. The molecule has 2 nitrogen and oxygen atoms in total. The highest BCUT2D eigenvalue weighted by Gasteiger charge is 2.03. The number of benzene rings is 1. The van der Waals surface area contributed by atoms with Gasteiger partial charge in [-0.2, -0.15) is 0 Å². The Morgan fingerprint density at radius 3 is 2.47 bits per heavy atom. The Morgan fingerprint density at radius 2 is 1.87 bits per heavy atom. The molecule has 4 heteroatoms. The number of nitrogens with zero attached hydrogens (tertiary/aromatic N) is 1. The largest absolute Gasteiger partial charge is 0.384 e. The molecule has 1 aromatic carbocycles. The molecule has 0 fully saturated rings. The molecule has 76 valence electrons. The van der Waals surface area contributed by atoms with E-state index in [1.165, 1.54) is 6.07 Å². The van der Waals surface area contributed by atoms with E-state index < -0.39 is 5.82 Å². The highest BCUT2D eigenvalue weighted by molar-refractivity contribution is 6.31. The van der Waals surface area contributed by atoms with Crippen LogP contribution in [0.2, 0.25) is 5.02 Å². The van der Waals surface area contributed by atoms with Gasteiger partial charge in [0.1, 0.15) is 11.6 Å². The molecular weight excluding hydrogens is 215 g/mol. The molecule has 1 aromatic heterocycles. The van der Waals surface area contributed by atoms with Crippen LogP contribution in [0, 0.1) is 5.82 Å². The van der Waals surface area contributed by atoms with E-state index in [0.717, 1.165) is 11.1 Å². The first kappa shape index (κ1) is 9.93. The summed E-state index contributed by atoms with van der Waals surface area (Å²) >= 11 is 5.67. The Hall–Kier alpha value is -1.61. The van der Waals surface area contributed by atoms with Crippen LogP contribution in [0.4, 0.5) is 10.2 Å². The molecule has 0 amide bonds. The Morgan fingerprint density at radius 1 is 1.13 bits per heavy atom. The van der Waals surface area contributed by atoms with Crippen molar-refractivity contribution in [2.45, 2.75) is 0 Å². The molecule has 0 bridgehead atoms. The minimum Gasteiger partial charge on any atom is -0.384 e. The summed E-state index contributed by atoms with van der Waals surface area (Å²) in [5.41, 5.74) is 7.13. The topological polar surface area (TPSA) is 38.9 Å². The van der Waals surface area contributed by atoms with E-state index in [0.29, 0.717) is 5.82 Å². The Bertz CT molecular complexity index is 482. The number of hydrogen-bond acceptors (Lipinski definition) is 2. The molecule has 2 aromatic rings. The number of aromatic nitrogens is 1. The van der Waals surface area contributed by atoms with Crippen LogP contribution < -0.4 is 5.73 Å². The molecule has 0 spiro atoms. The van der Waals surface area contributed by atoms with E-state index in [4.69, 9.17) is 17.3 Å². The zero-order valence-corrected chi connectivity index (χ0v) is 8.50. The Balaban J connectivity index is 2.45. The first-order chi connectivity index (χ1) is 7.16. The van der Waals surface area contributed by atoms with Gasteiger partial charge in [-0.15, -0.1) is 0 Å². The molecule has 2 rings (SSSR count). The van der Waals surface area contributed by atoms with Crippen LogP contribution in [-0.2, 0) is 0 Å². The molecule has 0 aliphatic rings. The van der Waals surface area contributed by atoms with Gasteiger partial charge in [0.25, 0.3) is 0 Å². The van der Waals surface area contributed by atoms with Crippen molar-refractivity contribution in [1.82, 2.24) is 4.98 Å². The maximum absolute atomic E-state index is 12.9. The van der Waals surface area contributed by atoms with Gasteiger partial charge in [-0.05, 0) is 29.8 Å². The van der Waals surface area contributed by atoms with Crippen molar-refractivity contribution < 1.29 is 4.39 Å². The summed E-state index contributed by atoms with van der Waals surface area (Å²) in [7, 11) is 0. The molecule has 0 unspecified atom stereocenters. The number of nitrogen functional groups attached to an aromatic ring is 1. The summed E-state index contributed by atoms with van der Waals surface area (Å²) in [6.07, 6.45) is 1.62. The minimum atomic E-state index is -0.427. The van der Waals surface area contributed by atoms with Crippen LogP contribution in [0.1, 0.15) is 0 Å². The molecule has 2 N–H and O–H groups in total. The van der Waals surface area contributed by atoms with E-state index in [1.54, 1.807) is 24.4 Å². The van der Waals surface area contributed by atoms with Crippen LogP contribution in [0.3, 0.4) is 0 Å².